The molecule has 0 N–H and O–H groups in total. The average molecular weight is 316 g/mol. The molecule has 0 radical (unpaired) electrons. The van der Waals surface area contributed by atoms with Crippen LogP contribution in [0.25, 0.3) is 21.9 Å². The highest BCUT2D eigenvalue weighted by molar-refractivity contribution is 8.01. The third kappa shape index (κ3) is 2.60. The van der Waals surface area contributed by atoms with E-state index >= 15 is 0 Å². The predicted molar refractivity (Wildman–Crippen MR) is 95.4 cm³/mol. The number of aromatic nitrogens is 1. The summed E-state index contributed by atoms with van der Waals surface area (Å²) in [6.07, 6.45) is 6.35. The first kappa shape index (κ1) is 14.3. The van der Waals surface area contributed by atoms with Crippen LogP contribution in [0.3, 0.4) is 0 Å². The highest BCUT2D eigenvalue weighted by Crippen LogP contribution is 2.53. The molecular weight excluding hydrogens is 300 g/mol. The van der Waals surface area contributed by atoms with Gasteiger partial charge >= 0.3 is 0 Å². The van der Waals surface area contributed by atoms with Crippen LogP contribution in [-0.4, -0.2) is 9.73 Å². The standard InChI is InChI=1S/C20H16N2S/c1-20(9-10-20)23-19-13-22-11-8-18(19)17-7-6-14(12-21)15-4-2-3-5-16(15)17/h2-8,11,13H,9-10H2,1H3. The van der Waals surface area contributed by atoms with Crippen LogP contribution in [0.4, 0.5) is 0 Å². The Morgan fingerprint density at radius 1 is 1.04 bits per heavy atom. The minimum Gasteiger partial charge on any atom is -0.264 e. The second kappa shape index (κ2) is 5.40. The molecule has 23 heavy (non-hydrogen) atoms. The Hall–Kier alpha value is -2.31. The van der Waals surface area contributed by atoms with E-state index in [0.29, 0.717) is 4.75 Å². The van der Waals surface area contributed by atoms with E-state index in [9.17, 15) is 5.26 Å². The van der Waals surface area contributed by atoms with E-state index < -0.39 is 0 Å². The molecule has 0 spiro atoms. The van der Waals surface area contributed by atoms with Crippen LogP contribution in [0.5, 0.6) is 0 Å². The van der Waals surface area contributed by atoms with Crippen molar-refractivity contribution in [1.29, 1.82) is 5.26 Å². The van der Waals surface area contributed by atoms with Crippen molar-refractivity contribution in [2.24, 2.45) is 0 Å². The summed E-state index contributed by atoms with van der Waals surface area (Å²) in [5.41, 5.74) is 3.11. The number of benzene rings is 2. The maximum atomic E-state index is 9.35. The van der Waals surface area contributed by atoms with Crippen LogP contribution >= 0.6 is 11.8 Å². The summed E-state index contributed by atoms with van der Waals surface area (Å²) in [6.45, 7) is 2.31. The maximum absolute atomic E-state index is 9.35. The van der Waals surface area contributed by atoms with Crippen LogP contribution < -0.4 is 0 Å². The summed E-state index contributed by atoms with van der Waals surface area (Å²) in [5.74, 6) is 0. The van der Waals surface area contributed by atoms with Gasteiger partial charge in [-0.1, -0.05) is 37.3 Å². The molecule has 0 amide bonds. The summed E-state index contributed by atoms with van der Waals surface area (Å²) >= 11 is 1.92. The van der Waals surface area contributed by atoms with E-state index in [2.05, 4.69) is 36.2 Å². The minimum atomic E-state index is 0.361. The third-order valence-electron chi connectivity index (χ3n) is 4.43. The SMILES string of the molecule is CC1(Sc2cnccc2-c2ccc(C#N)c3ccccc23)CC1. The molecule has 3 aromatic rings. The molecule has 0 aliphatic heterocycles. The summed E-state index contributed by atoms with van der Waals surface area (Å²) in [4.78, 5) is 5.55. The lowest BCUT2D eigenvalue weighted by atomic mass is 9.96. The largest absolute Gasteiger partial charge is 0.264 e. The molecule has 1 aromatic heterocycles. The van der Waals surface area contributed by atoms with Crippen molar-refractivity contribution in [2.45, 2.75) is 29.4 Å². The molecule has 1 fully saturated rings. The van der Waals surface area contributed by atoms with Gasteiger partial charge in [0.15, 0.2) is 0 Å². The molecule has 2 nitrogen and oxygen atoms in total. The van der Waals surface area contributed by atoms with Gasteiger partial charge in [-0.05, 0) is 41.5 Å². The summed E-state index contributed by atoms with van der Waals surface area (Å²) in [6, 6.07) is 16.5. The molecule has 112 valence electrons. The summed E-state index contributed by atoms with van der Waals surface area (Å²) in [5, 5.41) is 11.5. The molecule has 0 atom stereocenters. The van der Waals surface area contributed by atoms with Crippen molar-refractivity contribution >= 4 is 22.5 Å². The average Bonchev–Trinajstić information content (AvgIpc) is 3.31. The number of nitrogens with zero attached hydrogens (tertiary/aromatic N) is 2. The Morgan fingerprint density at radius 2 is 1.83 bits per heavy atom. The third-order valence-corrected chi connectivity index (χ3v) is 5.88. The van der Waals surface area contributed by atoms with E-state index in [4.69, 9.17) is 0 Å². The normalized spacial score (nSPS) is 15.3. The van der Waals surface area contributed by atoms with Crippen molar-refractivity contribution in [2.75, 3.05) is 0 Å². The first-order chi connectivity index (χ1) is 11.2. The fourth-order valence-electron chi connectivity index (χ4n) is 2.86. The zero-order chi connectivity index (χ0) is 15.9. The van der Waals surface area contributed by atoms with E-state index in [1.54, 1.807) is 0 Å². The highest BCUT2D eigenvalue weighted by Gasteiger charge is 2.39. The first-order valence-corrected chi connectivity index (χ1v) is 8.57. The number of fused-ring (bicyclic) bond motifs is 1. The van der Waals surface area contributed by atoms with Gasteiger partial charge in [-0.2, -0.15) is 5.26 Å². The lowest BCUT2D eigenvalue weighted by Gasteiger charge is -2.14. The summed E-state index contributed by atoms with van der Waals surface area (Å²) in [7, 11) is 0. The fourth-order valence-corrected chi connectivity index (χ4v) is 4.10. The van der Waals surface area contributed by atoms with Crippen molar-refractivity contribution in [3.63, 3.8) is 0 Å². The van der Waals surface area contributed by atoms with Crippen molar-refractivity contribution < 1.29 is 0 Å². The van der Waals surface area contributed by atoms with Crippen LogP contribution in [-0.2, 0) is 0 Å². The van der Waals surface area contributed by atoms with Crippen LogP contribution in [0.2, 0.25) is 0 Å². The number of pyridine rings is 1. The van der Waals surface area contributed by atoms with Crippen LogP contribution in [0, 0.1) is 11.3 Å². The Kier molecular flexibility index (Phi) is 3.36. The number of hydrogen-bond acceptors (Lipinski definition) is 3. The van der Waals surface area contributed by atoms with E-state index in [-0.39, 0.29) is 0 Å². The molecule has 0 saturated heterocycles. The molecule has 1 aliphatic rings. The van der Waals surface area contributed by atoms with E-state index in [1.165, 1.54) is 28.9 Å². The van der Waals surface area contributed by atoms with Crippen molar-refractivity contribution in [1.82, 2.24) is 4.98 Å². The predicted octanol–water partition coefficient (Wildman–Crippen LogP) is 5.42. The van der Waals surface area contributed by atoms with Gasteiger partial charge in [0.1, 0.15) is 0 Å². The zero-order valence-corrected chi connectivity index (χ0v) is 13.7. The van der Waals surface area contributed by atoms with Gasteiger partial charge in [0.05, 0.1) is 11.6 Å². The topological polar surface area (TPSA) is 36.7 Å². The van der Waals surface area contributed by atoms with Gasteiger partial charge in [0, 0.05) is 27.4 Å². The number of thioether (sulfide) groups is 1. The monoisotopic (exact) mass is 316 g/mol. The Labute approximate surface area is 140 Å². The highest BCUT2D eigenvalue weighted by atomic mass is 32.2. The van der Waals surface area contributed by atoms with Crippen molar-refractivity contribution in [3.05, 3.63) is 60.4 Å². The Balaban J connectivity index is 1.92. The van der Waals surface area contributed by atoms with E-state index in [1.807, 2.05) is 48.4 Å². The Bertz CT molecular complexity index is 936. The molecule has 3 heteroatoms. The zero-order valence-electron chi connectivity index (χ0n) is 12.9. The second-order valence-electron chi connectivity index (χ2n) is 6.24. The molecule has 0 bridgehead atoms. The lowest BCUT2D eigenvalue weighted by molar-refractivity contribution is 1.04. The summed E-state index contributed by atoms with van der Waals surface area (Å²) < 4.78 is 0.361. The molecule has 1 heterocycles. The smallest absolute Gasteiger partial charge is 0.0998 e. The first-order valence-electron chi connectivity index (χ1n) is 7.75. The van der Waals surface area contributed by atoms with Gasteiger partial charge in [-0.25, -0.2) is 0 Å². The van der Waals surface area contributed by atoms with Gasteiger partial charge < -0.3 is 0 Å². The maximum Gasteiger partial charge on any atom is 0.0998 e. The molecule has 1 saturated carbocycles. The van der Waals surface area contributed by atoms with Crippen LogP contribution in [0.15, 0.2) is 59.8 Å². The van der Waals surface area contributed by atoms with E-state index in [0.717, 1.165) is 16.3 Å². The van der Waals surface area contributed by atoms with Gasteiger partial charge in [-0.15, -0.1) is 11.8 Å². The van der Waals surface area contributed by atoms with Gasteiger partial charge in [0.25, 0.3) is 0 Å². The number of hydrogen-bond donors (Lipinski definition) is 0. The molecule has 4 rings (SSSR count). The molecule has 0 unspecified atom stereocenters. The number of rotatable bonds is 3. The quantitative estimate of drug-likeness (QED) is 0.647. The fraction of sp³-hybridized carbons (Fsp3) is 0.200. The van der Waals surface area contributed by atoms with Crippen LogP contribution in [0.1, 0.15) is 25.3 Å². The molecule has 2 aromatic carbocycles. The Morgan fingerprint density at radius 3 is 2.57 bits per heavy atom. The second-order valence-corrected chi connectivity index (χ2v) is 7.87. The lowest BCUT2D eigenvalue weighted by Crippen LogP contribution is -1.95. The molecule has 1 aliphatic carbocycles. The van der Waals surface area contributed by atoms with Gasteiger partial charge in [0.2, 0.25) is 0 Å². The number of nitriles is 1. The van der Waals surface area contributed by atoms with Crippen molar-refractivity contribution in [3.8, 4) is 17.2 Å². The van der Waals surface area contributed by atoms with Gasteiger partial charge in [-0.3, -0.25) is 4.98 Å². The minimum absolute atomic E-state index is 0.361. The molecular formula is C20H16N2S.